The number of carbonyl (C=O) groups is 3. The lowest BCUT2D eigenvalue weighted by Crippen LogP contribution is -2.30. The second kappa shape index (κ2) is 64.1. The van der Waals surface area contributed by atoms with Crippen LogP contribution in [0.15, 0.2) is 85.1 Å². The van der Waals surface area contributed by atoms with E-state index in [9.17, 15) is 14.4 Å². The first-order valence-corrected chi connectivity index (χ1v) is 32.6. The number of allylic oxidation sites excluding steroid dienone is 14. The summed E-state index contributed by atoms with van der Waals surface area (Å²) in [5.74, 6) is -0.864. The van der Waals surface area contributed by atoms with Crippen LogP contribution in [0.2, 0.25) is 0 Å². The molecule has 1 unspecified atom stereocenters. The standard InChI is InChI=1S/C70H122O6/c1-4-7-10-13-16-19-21-23-25-27-28-29-30-31-32-33-34-35-36-37-38-39-40-41-42-44-45-47-49-51-54-57-60-63-69(72)75-66-67(65-74-68(71)62-59-56-53-18-15-12-9-6-3)76-70(73)64-61-58-55-52-50-48-46-43-26-24-22-20-17-14-11-8-5-2/h7,10,16,19,23,25,28-29,31-32,34-35,37-38,67H,4-6,8-9,11-15,17-18,20-22,24,26-27,30,33,36,39-66H2,1-3H3/b10-7-,19-16-,25-23-,29-28-,32-31-,35-34-,38-37-. The van der Waals surface area contributed by atoms with Crippen molar-refractivity contribution in [2.24, 2.45) is 0 Å². The van der Waals surface area contributed by atoms with Crippen LogP contribution in [0, 0.1) is 0 Å². The normalized spacial score (nSPS) is 12.6. The van der Waals surface area contributed by atoms with Gasteiger partial charge in [0.1, 0.15) is 13.2 Å². The largest absolute Gasteiger partial charge is 0.462 e. The number of rotatable bonds is 59. The first-order chi connectivity index (χ1) is 37.5. The average Bonchev–Trinajstić information content (AvgIpc) is 3.42. The predicted molar refractivity (Wildman–Crippen MR) is 330 cm³/mol. The van der Waals surface area contributed by atoms with Gasteiger partial charge in [0.2, 0.25) is 0 Å². The Morgan fingerprint density at radius 3 is 0.803 bits per heavy atom. The highest BCUT2D eigenvalue weighted by atomic mass is 16.6. The third kappa shape index (κ3) is 61.4. The molecule has 0 N–H and O–H groups in total. The Labute approximate surface area is 471 Å². The van der Waals surface area contributed by atoms with Crippen LogP contribution in [0.1, 0.15) is 323 Å². The molecule has 0 saturated heterocycles. The third-order valence-corrected chi connectivity index (χ3v) is 14.2. The van der Waals surface area contributed by atoms with Crippen molar-refractivity contribution in [3.8, 4) is 0 Å². The fraction of sp³-hybridized carbons (Fsp3) is 0.757. The van der Waals surface area contributed by atoms with E-state index in [0.29, 0.717) is 19.3 Å². The van der Waals surface area contributed by atoms with Gasteiger partial charge in [-0.3, -0.25) is 14.4 Å². The van der Waals surface area contributed by atoms with Crippen LogP contribution in [0.25, 0.3) is 0 Å². The maximum Gasteiger partial charge on any atom is 0.306 e. The topological polar surface area (TPSA) is 78.9 Å². The van der Waals surface area contributed by atoms with E-state index in [4.69, 9.17) is 14.2 Å². The zero-order valence-electron chi connectivity index (χ0n) is 50.3. The van der Waals surface area contributed by atoms with Gasteiger partial charge < -0.3 is 14.2 Å². The molecule has 0 saturated carbocycles. The molecule has 76 heavy (non-hydrogen) atoms. The highest BCUT2D eigenvalue weighted by molar-refractivity contribution is 5.71. The molecule has 0 aromatic carbocycles. The fourth-order valence-electron chi connectivity index (χ4n) is 9.31. The van der Waals surface area contributed by atoms with E-state index in [-0.39, 0.29) is 31.1 Å². The lowest BCUT2D eigenvalue weighted by atomic mass is 10.0. The van der Waals surface area contributed by atoms with E-state index in [1.165, 1.54) is 180 Å². The first kappa shape index (κ1) is 72.6. The summed E-state index contributed by atoms with van der Waals surface area (Å²) < 4.78 is 16.9. The smallest absolute Gasteiger partial charge is 0.306 e. The molecule has 0 rings (SSSR count). The molecule has 0 aliphatic rings. The van der Waals surface area contributed by atoms with Gasteiger partial charge in [-0.25, -0.2) is 0 Å². The number of carbonyl (C=O) groups excluding carboxylic acids is 3. The van der Waals surface area contributed by atoms with Gasteiger partial charge >= 0.3 is 17.9 Å². The molecule has 0 radical (unpaired) electrons. The maximum absolute atomic E-state index is 12.9. The lowest BCUT2D eigenvalue weighted by molar-refractivity contribution is -0.167. The molecule has 0 bridgehead atoms. The molecule has 0 aliphatic heterocycles. The van der Waals surface area contributed by atoms with Gasteiger partial charge in [-0.2, -0.15) is 0 Å². The van der Waals surface area contributed by atoms with E-state index in [0.717, 1.165) is 103 Å². The zero-order chi connectivity index (χ0) is 55.0. The zero-order valence-corrected chi connectivity index (χ0v) is 50.3. The summed E-state index contributed by atoms with van der Waals surface area (Å²) in [5, 5.41) is 0. The Hall–Kier alpha value is -3.41. The van der Waals surface area contributed by atoms with E-state index in [1.807, 2.05) is 0 Å². The molecule has 6 heteroatoms. The van der Waals surface area contributed by atoms with Crippen LogP contribution >= 0.6 is 0 Å². The fourth-order valence-corrected chi connectivity index (χ4v) is 9.31. The molecule has 0 amide bonds. The van der Waals surface area contributed by atoms with Crippen LogP contribution in [0.3, 0.4) is 0 Å². The molecule has 0 aromatic heterocycles. The maximum atomic E-state index is 12.9. The minimum absolute atomic E-state index is 0.0718. The second-order valence-electron chi connectivity index (χ2n) is 21.7. The van der Waals surface area contributed by atoms with Crippen molar-refractivity contribution in [2.75, 3.05) is 13.2 Å². The Balaban J connectivity index is 4.10. The van der Waals surface area contributed by atoms with Gasteiger partial charge in [0.05, 0.1) is 0 Å². The summed E-state index contributed by atoms with van der Waals surface area (Å²) >= 11 is 0. The number of ether oxygens (including phenoxy) is 3. The SMILES string of the molecule is CC/C=C\C/C=C\C/C=C\C/C=C\C/C=C\C/C=C\C/C=C\CCCCCCCCCCCCCC(=O)OCC(COC(=O)CCCCCCCCCC)OC(=O)CCCCCCCCCCCCCCCCCCC. The molecule has 1 atom stereocenters. The van der Waals surface area contributed by atoms with Crippen LogP contribution in [-0.4, -0.2) is 37.2 Å². The van der Waals surface area contributed by atoms with Gasteiger partial charge in [0.15, 0.2) is 6.10 Å². The van der Waals surface area contributed by atoms with Gasteiger partial charge in [0.25, 0.3) is 0 Å². The van der Waals surface area contributed by atoms with E-state index in [2.05, 4.69) is 106 Å². The van der Waals surface area contributed by atoms with Crippen LogP contribution in [-0.2, 0) is 28.6 Å². The number of hydrogen-bond donors (Lipinski definition) is 0. The minimum atomic E-state index is -0.772. The molecular formula is C70H122O6. The molecule has 0 spiro atoms. The van der Waals surface area contributed by atoms with Crippen molar-refractivity contribution < 1.29 is 28.6 Å². The third-order valence-electron chi connectivity index (χ3n) is 14.2. The van der Waals surface area contributed by atoms with Crippen molar-refractivity contribution in [1.82, 2.24) is 0 Å². The lowest BCUT2D eigenvalue weighted by Gasteiger charge is -2.18. The molecule has 0 fully saturated rings. The number of esters is 3. The monoisotopic (exact) mass is 1060 g/mol. The summed E-state index contributed by atoms with van der Waals surface area (Å²) in [4.78, 5) is 38.1. The van der Waals surface area contributed by atoms with Crippen molar-refractivity contribution in [2.45, 2.75) is 329 Å². The summed E-state index contributed by atoms with van der Waals surface area (Å²) in [7, 11) is 0. The average molecular weight is 1060 g/mol. The Morgan fingerprint density at radius 2 is 0.513 bits per heavy atom. The molecular weight excluding hydrogens is 937 g/mol. The quantitative estimate of drug-likeness (QED) is 0.0261. The van der Waals surface area contributed by atoms with Crippen LogP contribution in [0.5, 0.6) is 0 Å². The molecule has 0 aromatic rings. The predicted octanol–water partition coefficient (Wildman–Crippen LogP) is 22.3. The first-order valence-electron chi connectivity index (χ1n) is 32.6. The second-order valence-corrected chi connectivity index (χ2v) is 21.7. The molecule has 6 nitrogen and oxygen atoms in total. The summed E-state index contributed by atoms with van der Waals surface area (Å²) in [5.41, 5.74) is 0. The van der Waals surface area contributed by atoms with Gasteiger partial charge in [-0.15, -0.1) is 0 Å². The van der Waals surface area contributed by atoms with Crippen LogP contribution in [0.4, 0.5) is 0 Å². The van der Waals surface area contributed by atoms with Gasteiger partial charge in [-0.1, -0.05) is 311 Å². The van der Waals surface area contributed by atoms with E-state index in [1.54, 1.807) is 0 Å². The molecule has 0 aliphatic carbocycles. The minimum Gasteiger partial charge on any atom is -0.462 e. The Bertz CT molecular complexity index is 1450. The highest BCUT2D eigenvalue weighted by Crippen LogP contribution is 2.17. The number of hydrogen-bond acceptors (Lipinski definition) is 6. The van der Waals surface area contributed by atoms with Gasteiger partial charge in [0, 0.05) is 19.3 Å². The summed E-state index contributed by atoms with van der Waals surface area (Å²) in [6, 6.07) is 0. The molecule has 438 valence electrons. The highest BCUT2D eigenvalue weighted by Gasteiger charge is 2.19. The number of unbranched alkanes of at least 4 members (excludes halogenated alkanes) is 34. The van der Waals surface area contributed by atoms with E-state index < -0.39 is 6.10 Å². The Kier molecular flexibility index (Phi) is 61.2. The van der Waals surface area contributed by atoms with Crippen molar-refractivity contribution >= 4 is 17.9 Å². The molecule has 0 heterocycles. The van der Waals surface area contributed by atoms with Gasteiger partial charge in [-0.05, 0) is 77.0 Å². The Morgan fingerprint density at radius 1 is 0.276 bits per heavy atom. The summed E-state index contributed by atoms with van der Waals surface area (Å²) in [6.07, 6.45) is 84.7. The van der Waals surface area contributed by atoms with Crippen LogP contribution < -0.4 is 0 Å². The summed E-state index contributed by atoms with van der Waals surface area (Å²) in [6.45, 7) is 6.53. The van der Waals surface area contributed by atoms with Crippen molar-refractivity contribution in [3.05, 3.63) is 85.1 Å². The van der Waals surface area contributed by atoms with E-state index >= 15 is 0 Å². The van der Waals surface area contributed by atoms with Crippen molar-refractivity contribution in [3.63, 3.8) is 0 Å². The van der Waals surface area contributed by atoms with Crippen molar-refractivity contribution in [1.29, 1.82) is 0 Å².